The molecule has 1 aromatic rings. The van der Waals surface area contributed by atoms with Crippen molar-refractivity contribution in [3.8, 4) is 0 Å². The summed E-state index contributed by atoms with van der Waals surface area (Å²) in [6.45, 7) is 0.0492. The minimum absolute atomic E-state index is 0.0441. The van der Waals surface area contributed by atoms with E-state index in [1.54, 1.807) is 0 Å². The van der Waals surface area contributed by atoms with Gasteiger partial charge in [-0.25, -0.2) is 13.1 Å². The van der Waals surface area contributed by atoms with Crippen LogP contribution in [-0.4, -0.2) is 52.1 Å². The van der Waals surface area contributed by atoms with Gasteiger partial charge < -0.3 is 15.8 Å². The number of nitrogens with zero attached hydrogens (tertiary/aromatic N) is 1. The third kappa shape index (κ3) is 5.90. The van der Waals surface area contributed by atoms with Crippen LogP contribution < -0.4 is 15.8 Å². The van der Waals surface area contributed by atoms with E-state index in [0.717, 1.165) is 24.3 Å². The third-order valence-electron chi connectivity index (χ3n) is 2.76. The molecule has 0 radical (unpaired) electrons. The lowest BCUT2D eigenvalue weighted by molar-refractivity contribution is -0.384. The number of ether oxygens (including phenoxy) is 1. The molecule has 0 aliphatic rings. The first-order valence-electron chi connectivity index (χ1n) is 6.54. The topological polar surface area (TPSA) is 154 Å². The van der Waals surface area contributed by atoms with Crippen molar-refractivity contribution in [2.45, 2.75) is 10.9 Å². The Kier molecular flexibility index (Phi) is 7.03. The number of hydrogen-bond acceptors (Lipinski definition) is 7. The van der Waals surface area contributed by atoms with E-state index in [9.17, 15) is 23.3 Å². The second-order valence-electron chi connectivity index (χ2n) is 4.50. The molecule has 1 rings (SSSR count). The number of sulfonamides is 1. The SMILES string of the molecule is COCC(N)C(=O)NCCNS(=O)(=O)c1ccc([N+](=O)[O-])cc1. The van der Waals surface area contributed by atoms with Crippen molar-refractivity contribution in [3.05, 3.63) is 34.4 Å². The largest absolute Gasteiger partial charge is 0.383 e. The fourth-order valence-electron chi connectivity index (χ4n) is 1.59. The van der Waals surface area contributed by atoms with Crippen LogP contribution in [0.4, 0.5) is 5.69 Å². The highest BCUT2D eigenvalue weighted by molar-refractivity contribution is 7.89. The molecule has 1 unspecified atom stereocenters. The Hall–Kier alpha value is -2.08. The highest BCUT2D eigenvalue weighted by atomic mass is 32.2. The van der Waals surface area contributed by atoms with Crippen molar-refractivity contribution >= 4 is 21.6 Å². The number of nitro groups is 1. The van der Waals surface area contributed by atoms with E-state index in [1.807, 2.05) is 0 Å². The molecule has 0 saturated carbocycles. The molecule has 0 spiro atoms. The Morgan fingerprint density at radius 2 is 1.96 bits per heavy atom. The molecule has 0 aliphatic carbocycles. The summed E-state index contributed by atoms with van der Waals surface area (Å²) >= 11 is 0. The van der Waals surface area contributed by atoms with Gasteiger partial charge in [-0.05, 0) is 12.1 Å². The first-order valence-corrected chi connectivity index (χ1v) is 8.02. The Balaban J connectivity index is 2.50. The number of carbonyl (C=O) groups excluding carboxylic acids is 1. The lowest BCUT2D eigenvalue weighted by Crippen LogP contribution is -2.45. The fourth-order valence-corrected chi connectivity index (χ4v) is 2.62. The second-order valence-corrected chi connectivity index (χ2v) is 6.27. The van der Waals surface area contributed by atoms with Crippen LogP contribution >= 0.6 is 0 Å². The molecule has 128 valence electrons. The van der Waals surface area contributed by atoms with E-state index >= 15 is 0 Å². The van der Waals surface area contributed by atoms with Gasteiger partial charge in [-0.3, -0.25) is 14.9 Å². The molecule has 4 N–H and O–H groups in total. The number of nitrogens with one attached hydrogen (secondary N) is 2. The van der Waals surface area contributed by atoms with Gasteiger partial charge in [0.1, 0.15) is 6.04 Å². The van der Waals surface area contributed by atoms with Crippen LogP contribution in [0.5, 0.6) is 0 Å². The highest BCUT2D eigenvalue weighted by Gasteiger charge is 2.16. The monoisotopic (exact) mass is 346 g/mol. The first-order chi connectivity index (χ1) is 10.8. The van der Waals surface area contributed by atoms with Gasteiger partial charge in [-0.2, -0.15) is 0 Å². The van der Waals surface area contributed by atoms with Crippen LogP contribution in [0.3, 0.4) is 0 Å². The first kappa shape index (κ1) is 19.0. The van der Waals surface area contributed by atoms with Crippen LogP contribution in [-0.2, 0) is 19.6 Å². The molecule has 10 nitrogen and oxygen atoms in total. The predicted molar refractivity (Wildman–Crippen MR) is 81.1 cm³/mol. The standard InChI is InChI=1S/C12H18N4O6S/c1-22-8-11(13)12(17)14-6-7-15-23(20,21)10-4-2-9(3-5-10)16(18)19/h2-5,11,15H,6-8,13H2,1H3,(H,14,17). The van der Waals surface area contributed by atoms with Gasteiger partial charge in [0, 0.05) is 32.3 Å². The minimum Gasteiger partial charge on any atom is -0.383 e. The summed E-state index contributed by atoms with van der Waals surface area (Å²) in [6, 6.07) is 3.63. The smallest absolute Gasteiger partial charge is 0.269 e. The van der Waals surface area contributed by atoms with E-state index < -0.39 is 26.9 Å². The number of methoxy groups -OCH3 is 1. The zero-order valence-corrected chi connectivity index (χ0v) is 13.2. The Morgan fingerprint density at radius 1 is 1.35 bits per heavy atom. The normalized spacial score (nSPS) is 12.6. The minimum atomic E-state index is -3.81. The molecule has 0 aliphatic heterocycles. The number of non-ortho nitro benzene ring substituents is 1. The second kappa shape index (κ2) is 8.53. The van der Waals surface area contributed by atoms with E-state index in [4.69, 9.17) is 10.5 Å². The number of carbonyl (C=O) groups is 1. The highest BCUT2D eigenvalue weighted by Crippen LogP contribution is 2.15. The van der Waals surface area contributed by atoms with E-state index in [0.29, 0.717) is 0 Å². The number of rotatable bonds is 9. The molecule has 23 heavy (non-hydrogen) atoms. The molecule has 0 bridgehead atoms. The quantitative estimate of drug-likeness (QED) is 0.293. The Bertz CT molecular complexity index is 646. The summed E-state index contributed by atoms with van der Waals surface area (Å²) in [7, 11) is -2.40. The van der Waals surface area contributed by atoms with Crippen LogP contribution in [0.25, 0.3) is 0 Å². The van der Waals surface area contributed by atoms with Crippen molar-refractivity contribution in [2.24, 2.45) is 5.73 Å². The number of amides is 1. The predicted octanol–water partition coefficient (Wildman–Crippen LogP) is -1.04. The van der Waals surface area contributed by atoms with Crippen molar-refractivity contribution < 1.29 is 22.9 Å². The van der Waals surface area contributed by atoms with Crippen LogP contribution in [0.15, 0.2) is 29.2 Å². The maximum atomic E-state index is 12.0. The summed E-state index contributed by atoms with van der Waals surface area (Å²) in [5.41, 5.74) is 5.29. The summed E-state index contributed by atoms with van der Waals surface area (Å²) in [5.74, 6) is -0.457. The maximum absolute atomic E-state index is 12.0. The summed E-state index contributed by atoms with van der Waals surface area (Å²) in [4.78, 5) is 21.3. The van der Waals surface area contributed by atoms with Crippen molar-refractivity contribution in [1.82, 2.24) is 10.0 Å². The Labute approximate surface area is 133 Å². The van der Waals surface area contributed by atoms with E-state index in [-0.39, 0.29) is 30.3 Å². The lowest BCUT2D eigenvalue weighted by Gasteiger charge is -2.11. The van der Waals surface area contributed by atoms with Crippen molar-refractivity contribution in [3.63, 3.8) is 0 Å². The number of benzene rings is 1. The van der Waals surface area contributed by atoms with E-state index in [2.05, 4.69) is 10.0 Å². The molecule has 1 aromatic carbocycles. The van der Waals surface area contributed by atoms with Gasteiger partial charge >= 0.3 is 0 Å². The third-order valence-corrected chi connectivity index (χ3v) is 4.23. The molecule has 0 aromatic heterocycles. The number of nitrogens with two attached hydrogens (primary N) is 1. The molecule has 0 fully saturated rings. The molecular weight excluding hydrogens is 328 g/mol. The van der Waals surface area contributed by atoms with Gasteiger partial charge in [-0.1, -0.05) is 0 Å². The van der Waals surface area contributed by atoms with Gasteiger partial charge in [0.2, 0.25) is 15.9 Å². The van der Waals surface area contributed by atoms with Crippen LogP contribution in [0, 0.1) is 10.1 Å². The summed E-state index contributed by atoms with van der Waals surface area (Å²) < 4.78 is 30.9. The van der Waals surface area contributed by atoms with Gasteiger partial charge in [0.25, 0.3) is 5.69 Å². The van der Waals surface area contributed by atoms with E-state index in [1.165, 1.54) is 7.11 Å². The molecule has 1 atom stereocenters. The molecule has 0 heterocycles. The molecule has 0 saturated heterocycles. The van der Waals surface area contributed by atoms with Gasteiger partial charge in [0.15, 0.2) is 0 Å². The number of hydrogen-bond donors (Lipinski definition) is 3. The van der Waals surface area contributed by atoms with Crippen LogP contribution in [0.1, 0.15) is 0 Å². The zero-order valence-electron chi connectivity index (χ0n) is 12.4. The fraction of sp³-hybridized carbons (Fsp3) is 0.417. The molecule has 11 heteroatoms. The van der Waals surface area contributed by atoms with Gasteiger partial charge in [-0.15, -0.1) is 0 Å². The molecule has 1 amide bonds. The zero-order chi connectivity index (χ0) is 17.5. The molecular formula is C12H18N4O6S. The van der Waals surface area contributed by atoms with Crippen molar-refractivity contribution in [1.29, 1.82) is 0 Å². The summed E-state index contributed by atoms with van der Waals surface area (Å²) in [5, 5.41) is 13.0. The average Bonchev–Trinajstić information content (AvgIpc) is 2.51. The summed E-state index contributed by atoms with van der Waals surface area (Å²) in [6.07, 6.45) is 0. The van der Waals surface area contributed by atoms with Crippen LogP contribution in [0.2, 0.25) is 0 Å². The van der Waals surface area contributed by atoms with Crippen molar-refractivity contribution in [2.75, 3.05) is 26.8 Å². The van der Waals surface area contributed by atoms with Gasteiger partial charge in [0.05, 0.1) is 16.4 Å². The average molecular weight is 346 g/mol. The Morgan fingerprint density at radius 3 is 2.48 bits per heavy atom. The lowest BCUT2D eigenvalue weighted by atomic mass is 10.3. The maximum Gasteiger partial charge on any atom is 0.269 e. The number of nitro benzene ring substituents is 1.